The number of sulfonamides is 1. The summed E-state index contributed by atoms with van der Waals surface area (Å²) in [6.07, 6.45) is 0. The predicted molar refractivity (Wildman–Crippen MR) is 97.3 cm³/mol. The quantitative estimate of drug-likeness (QED) is 0.838. The number of benzene rings is 2. The summed E-state index contributed by atoms with van der Waals surface area (Å²) in [5.41, 5.74) is 0.493. The Morgan fingerprint density at radius 2 is 1.88 bits per heavy atom. The third-order valence-electron chi connectivity index (χ3n) is 3.70. The molecule has 138 valence electrons. The fraction of sp³-hybridized carbons (Fsp3) is 0.235. The molecule has 0 aliphatic carbocycles. The molecule has 2 aromatic rings. The molecule has 0 unspecified atom stereocenters. The van der Waals surface area contributed by atoms with Crippen LogP contribution in [0.1, 0.15) is 0 Å². The molecule has 1 aliphatic heterocycles. The number of nitrogens with zero attached hydrogens (tertiary/aromatic N) is 1. The standard InChI is InChI=1S/C17H17ClN2O5S/c1-20(11-17(21)19-13-4-2-3-12(18)9-13)26(22,23)14-5-6-15-16(10-14)25-8-7-24-15/h2-6,9-10H,7-8,11H2,1H3,(H,19,21). The van der Waals surface area contributed by atoms with Crippen molar-refractivity contribution in [3.05, 3.63) is 47.5 Å². The topological polar surface area (TPSA) is 84.9 Å². The van der Waals surface area contributed by atoms with Crippen LogP contribution < -0.4 is 14.8 Å². The third kappa shape index (κ3) is 4.09. The van der Waals surface area contributed by atoms with Gasteiger partial charge in [-0.1, -0.05) is 17.7 Å². The molecular formula is C17H17ClN2O5S. The maximum atomic E-state index is 12.7. The average Bonchev–Trinajstić information content (AvgIpc) is 2.61. The fourth-order valence-electron chi connectivity index (χ4n) is 2.42. The summed E-state index contributed by atoms with van der Waals surface area (Å²) in [4.78, 5) is 12.2. The van der Waals surface area contributed by atoms with E-state index in [2.05, 4.69) is 5.32 Å². The van der Waals surface area contributed by atoms with E-state index >= 15 is 0 Å². The number of hydrogen-bond acceptors (Lipinski definition) is 5. The van der Waals surface area contributed by atoms with Crippen LogP contribution in [0.25, 0.3) is 0 Å². The van der Waals surface area contributed by atoms with E-state index in [1.165, 1.54) is 19.2 Å². The zero-order valence-corrected chi connectivity index (χ0v) is 15.5. The van der Waals surface area contributed by atoms with Crippen LogP contribution in [-0.4, -0.2) is 45.4 Å². The van der Waals surface area contributed by atoms with Gasteiger partial charge in [0.1, 0.15) is 13.2 Å². The largest absolute Gasteiger partial charge is 0.486 e. The van der Waals surface area contributed by atoms with Crippen molar-refractivity contribution in [2.45, 2.75) is 4.90 Å². The number of carbonyl (C=O) groups is 1. The number of ether oxygens (including phenoxy) is 2. The summed E-state index contributed by atoms with van der Waals surface area (Å²) in [5, 5.41) is 3.09. The molecule has 0 radical (unpaired) electrons. The second-order valence-electron chi connectivity index (χ2n) is 5.63. The number of carbonyl (C=O) groups excluding carboxylic acids is 1. The van der Waals surface area contributed by atoms with E-state index < -0.39 is 15.9 Å². The summed E-state index contributed by atoms with van der Waals surface area (Å²) in [6, 6.07) is 11.0. The zero-order valence-electron chi connectivity index (χ0n) is 13.9. The lowest BCUT2D eigenvalue weighted by atomic mass is 10.3. The molecule has 2 aromatic carbocycles. The molecule has 1 aliphatic rings. The maximum Gasteiger partial charge on any atom is 0.243 e. The van der Waals surface area contributed by atoms with Gasteiger partial charge in [0.05, 0.1) is 11.4 Å². The zero-order chi connectivity index (χ0) is 18.7. The highest BCUT2D eigenvalue weighted by Gasteiger charge is 2.25. The molecule has 0 aromatic heterocycles. The third-order valence-corrected chi connectivity index (χ3v) is 5.73. The van der Waals surface area contributed by atoms with E-state index in [1.807, 2.05) is 0 Å². The van der Waals surface area contributed by atoms with Gasteiger partial charge in [-0.05, 0) is 30.3 Å². The number of likely N-dealkylation sites (N-methyl/N-ethyl adjacent to an activating group) is 1. The van der Waals surface area contributed by atoms with Crippen LogP contribution in [0.2, 0.25) is 5.02 Å². The second kappa shape index (κ2) is 7.53. The number of fused-ring (bicyclic) bond motifs is 1. The molecule has 0 saturated carbocycles. The second-order valence-corrected chi connectivity index (χ2v) is 8.11. The van der Waals surface area contributed by atoms with Crippen LogP contribution in [0.3, 0.4) is 0 Å². The van der Waals surface area contributed by atoms with Gasteiger partial charge in [-0.15, -0.1) is 0 Å². The lowest BCUT2D eigenvalue weighted by Crippen LogP contribution is -2.35. The fourth-order valence-corrected chi connectivity index (χ4v) is 3.75. The van der Waals surface area contributed by atoms with Crippen molar-refractivity contribution in [1.82, 2.24) is 4.31 Å². The highest BCUT2D eigenvalue weighted by molar-refractivity contribution is 7.89. The monoisotopic (exact) mass is 396 g/mol. The highest BCUT2D eigenvalue weighted by Crippen LogP contribution is 2.32. The van der Waals surface area contributed by atoms with Gasteiger partial charge in [-0.2, -0.15) is 4.31 Å². The van der Waals surface area contributed by atoms with E-state index in [0.29, 0.717) is 35.4 Å². The van der Waals surface area contributed by atoms with Crippen molar-refractivity contribution >= 4 is 33.2 Å². The number of anilines is 1. The van der Waals surface area contributed by atoms with E-state index in [4.69, 9.17) is 21.1 Å². The van der Waals surface area contributed by atoms with E-state index in [0.717, 1.165) is 4.31 Å². The summed E-state index contributed by atoms with van der Waals surface area (Å²) in [7, 11) is -2.52. The number of rotatable bonds is 5. The lowest BCUT2D eigenvalue weighted by Gasteiger charge is -2.21. The molecule has 0 fully saturated rings. The highest BCUT2D eigenvalue weighted by atomic mass is 35.5. The first-order valence-electron chi connectivity index (χ1n) is 7.78. The van der Waals surface area contributed by atoms with Crippen LogP contribution in [0.4, 0.5) is 5.69 Å². The van der Waals surface area contributed by atoms with E-state index in [-0.39, 0.29) is 11.4 Å². The molecule has 1 N–H and O–H groups in total. The van der Waals surface area contributed by atoms with Crippen molar-refractivity contribution in [2.75, 3.05) is 32.1 Å². The summed E-state index contributed by atoms with van der Waals surface area (Å²) >= 11 is 5.87. The Morgan fingerprint density at radius 1 is 1.15 bits per heavy atom. The molecule has 1 heterocycles. The molecule has 26 heavy (non-hydrogen) atoms. The van der Waals surface area contributed by atoms with E-state index in [1.54, 1.807) is 30.3 Å². The van der Waals surface area contributed by atoms with Crippen molar-refractivity contribution in [3.63, 3.8) is 0 Å². The Labute approximate surface area is 156 Å². The SMILES string of the molecule is CN(CC(=O)Nc1cccc(Cl)c1)S(=O)(=O)c1ccc2c(c1)OCCO2. The first-order chi connectivity index (χ1) is 12.4. The first-order valence-corrected chi connectivity index (χ1v) is 9.59. The Morgan fingerprint density at radius 3 is 2.62 bits per heavy atom. The summed E-state index contributed by atoms with van der Waals surface area (Å²) in [5.74, 6) is 0.390. The smallest absolute Gasteiger partial charge is 0.243 e. The van der Waals surface area contributed by atoms with Crippen LogP contribution >= 0.6 is 11.6 Å². The molecule has 1 amide bonds. The van der Waals surface area contributed by atoms with Crippen LogP contribution in [0.15, 0.2) is 47.4 Å². The first kappa shape index (κ1) is 18.5. The van der Waals surface area contributed by atoms with Gasteiger partial charge in [0.25, 0.3) is 0 Å². The molecule has 0 spiro atoms. The van der Waals surface area contributed by atoms with Gasteiger partial charge in [0.2, 0.25) is 15.9 Å². The number of hydrogen-bond donors (Lipinski definition) is 1. The van der Waals surface area contributed by atoms with Gasteiger partial charge in [-0.25, -0.2) is 8.42 Å². The van der Waals surface area contributed by atoms with Gasteiger partial charge in [-0.3, -0.25) is 4.79 Å². The Kier molecular flexibility index (Phi) is 5.36. The maximum absolute atomic E-state index is 12.7. The van der Waals surface area contributed by atoms with Crippen molar-refractivity contribution in [1.29, 1.82) is 0 Å². The van der Waals surface area contributed by atoms with Crippen molar-refractivity contribution in [3.8, 4) is 11.5 Å². The minimum Gasteiger partial charge on any atom is -0.486 e. The van der Waals surface area contributed by atoms with Crippen molar-refractivity contribution in [2.24, 2.45) is 0 Å². The molecule has 3 rings (SSSR count). The molecule has 0 atom stereocenters. The minimum absolute atomic E-state index is 0.0276. The molecular weight excluding hydrogens is 380 g/mol. The number of amides is 1. The van der Waals surface area contributed by atoms with Crippen molar-refractivity contribution < 1.29 is 22.7 Å². The lowest BCUT2D eigenvalue weighted by molar-refractivity contribution is -0.116. The molecule has 9 heteroatoms. The van der Waals surface area contributed by atoms with Crippen LogP contribution in [0, 0.1) is 0 Å². The average molecular weight is 397 g/mol. The molecule has 7 nitrogen and oxygen atoms in total. The summed E-state index contributed by atoms with van der Waals surface area (Å²) < 4.78 is 37.1. The Balaban J connectivity index is 1.71. The van der Waals surface area contributed by atoms with Gasteiger partial charge < -0.3 is 14.8 Å². The number of halogens is 1. The number of nitrogens with one attached hydrogen (secondary N) is 1. The van der Waals surface area contributed by atoms with E-state index in [9.17, 15) is 13.2 Å². The van der Waals surface area contributed by atoms with Gasteiger partial charge in [0, 0.05) is 23.8 Å². The van der Waals surface area contributed by atoms with Crippen LogP contribution in [-0.2, 0) is 14.8 Å². The predicted octanol–water partition coefficient (Wildman–Crippen LogP) is 2.37. The minimum atomic E-state index is -3.86. The summed E-state index contributed by atoms with van der Waals surface area (Å²) in [6.45, 7) is 0.431. The molecule has 0 saturated heterocycles. The Hall–Kier alpha value is -2.29. The van der Waals surface area contributed by atoms with Gasteiger partial charge in [0.15, 0.2) is 11.5 Å². The Bertz CT molecular complexity index is 933. The normalized spacial score (nSPS) is 13.5. The molecule has 0 bridgehead atoms. The van der Waals surface area contributed by atoms with Gasteiger partial charge >= 0.3 is 0 Å². The van der Waals surface area contributed by atoms with Crippen LogP contribution in [0.5, 0.6) is 11.5 Å².